The number of carboxylic acid groups (broad SMARTS) is 2. The Morgan fingerprint density at radius 2 is 2.07 bits per heavy atom. The molecule has 8 N–H and O–H groups in total. The number of nitrogens with zero attached hydrogens (tertiary/aromatic N) is 7. The van der Waals surface area contributed by atoms with Crippen LogP contribution < -0.4 is 32.1 Å². The SMILES string of the molecule is CCC(C)(O/N=C(\C(=O)NC1C(=O)N2C(C(=O)[O-])=C(CSc3nc(N)cc4n(C)c(N)n[n+]34)CS[C@@H]12)c1csc(N)n1)C(=O)O. The van der Waals surface area contributed by atoms with Gasteiger partial charge in [-0.2, -0.15) is 0 Å². The molecule has 18 nitrogen and oxygen atoms in total. The first-order valence-corrected chi connectivity index (χ1v) is 16.0. The first kappa shape index (κ1) is 31.8. The number of carbonyl (C=O) groups is 4. The van der Waals surface area contributed by atoms with E-state index in [1.807, 2.05) is 0 Å². The highest BCUT2D eigenvalue weighted by atomic mass is 32.2. The van der Waals surface area contributed by atoms with Gasteiger partial charge in [-0.3, -0.25) is 14.5 Å². The summed E-state index contributed by atoms with van der Waals surface area (Å²) in [5, 5.41) is 33.5. The maximum Gasteiger partial charge on any atom is 0.350 e. The van der Waals surface area contributed by atoms with Gasteiger partial charge in [-0.1, -0.05) is 21.6 Å². The lowest BCUT2D eigenvalue weighted by Gasteiger charge is -2.50. The highest BCUT2D eigenvalue weighted by Crippen LogP contribution is 2.41. The van der Waals surface area contributed by atoms with Gasteiger partial charge in [0.05, 0.1) is 24.8 Å². The number of anilines is 3. The third-order valence-corrected chi connectivity index (χ3v) is 10.2. The van der Waals surface area contributed by atoms with Crippen molar-refractivity contribution in [3.05, 3.63) is 28.4 Å². The zero-order valence-electron chi connectivity index (χ0n) is 23.9. The zero-order chi connectivity index (χ0) is 32.8. The number of carboxylic acids is 2. The lowest BCUT2D eigenvalue weighted by Crippen LogP contribution is -2.71. The number of aromatic nitrogens is 5. The molecule has 5 heterocycles. The molecule has 0 spiro atoms. The number of aryl methyl sites for hydroxylation is 1. The lowest BCUT2D eigenvalue weighted by molar-refractivity contribution is -0.621. The Balaban J connectivity index is 1.36. The summed E-state index contributed by atoms with van der Waals surface area (Å²) >= 11 is 3.40. The molecule has 2 aliphatic heterocycles. The van der Waals surface area contributed by atoms with Gasteiger partial charge in [0.25, 0.3) is 23.4 Å². The van der Waals surface area contributed by atoms with E-state index in [1.54, 1.807) is 24.6 Å². The summed E-state index contributed by atoms with van der Waals surface area (Å²) in [6.07, 6.45) is 0.0286. The van der Waals surface area contributed by atoms with E-state index >= 15 is 0 Å². The molecule has 2 unspecified atom stereocenters. The summed E-state index contributed by atoms with van der Waals surface area (Å²) in [6.45, 7) is 2.86. The highest BCUT2D eigenvalue weighted by molar-refractivity contribution is 8.01. The molecule has 0 bridgehead atoms. The van der Waals surface area contributed by atoms with Gasteiger partial charge in [0, 0.05) is 16.9 Å². The Kier molecular flexibility index (Phi) is 8.51. The molecule has 238 valence electrons. The van der Waals surface area contributed by atoms with E-state index in [9.17, 15) is 29.4 Å². The minimum atomic E-state index is -1.74. The van der Waals surface area contributed by atoms with Crippen LogP contribution in [0.15, 0.2) is 33.0 Å². The number of rotatable bonds is 11. The van der Waals surface area contributed by atoms with Crippen molar-refractivity contribution in [1.82, 2.24) is 29.9 Å². The van der Waals surface area contributed by atoms with E-state index in [4.69, 9.17) is 22.0 Å². The normalized spacial score (nSPS) is 19.6. The van der Waals surface area contributed by atoms with E-state index in [2.05, 4.69) is 25.5 Å². The molecular weight excluding hydrogens is 651 g/mol. The molecule has 1 fully saturated rings. The number of carbonyl (C=O) groups excluding carboxylic acids is 3. The van der Waals surface area contributed by atoms with Gasteiger partial charge in [0.1, 0.15) is 17.1 Å². The third-order valence-electron chi connectivity index (χ3n) is 7.14. The number of β-lactam (4-membered cyclic amide) rings is 1. The van der Waals surface area contributed by atoms with Crippen molar-refractivity contribution >= 4 is 86.9 Å². The van der Waals surface area contributed by atoms with Crippen molar-refractivity contribution in [3.63, 3.8) is 0 Å². The third kappa shape index (κ3) is 5.80. The summed E-state index contributed by atoms with van der Waals surface area (Å²) in [4.78, 5) is 65.2. The Labute approximate surface area is 266 Å². The topological polar surface area (TPSA) is 274 Å². The Morgan fingerprint density at radius 3 is 2.69 bits per heavy atom. The number of oxime groups is 1. The molecule has 0 radical (unpaired) electrons. The molecule has 45 heavy (non-hydrogen) atoms. The number of nitrogens with one attached hydrogen (secondary N) is 1. The molecule has 0 saturated carbocycles. The number of nitrogens with two attached hydrogens (primary N) is 3. The number of thioether (sulfide) groups is 2. The molecule has 0 aliphatic carbocycles. The molecule has 5 rings (SSSR count). The molecule has 21 heteroatoms. The molecule has 3 atom stereocenters. The Morgan fingerprint density at radius 1 is 1.33 bits per heavy atom. The van der Waals surface area contributed by atoms with Crippen molar-refractivity contribution < 1.29 is 38.7 Å². The minimum absolute atomic E-state index is 0.00481. The van der Waals surface area contributed by atoms with Crippen molar-refractivity contribution in [2.45, 2.75) is 42.4 Å². The van der Waals surface area contributed by atoms with Crippen LogP contribution in [0.2, 0.25) is 0 Å². The van der Waals surface area contributed by atoms with Crippen LogP contribution in [0, 0.1) is 0 Å². The minimum Gasteiger partial charge on any atom is -0.543 e. The second-order valence-corrected chi connectivity index (χ2v) is 13.0. The van der Waals surface area contributed by atoms with Crippen LogP contribution in [0.5, 0.6) is 0 Å². The second kappa shape index (κ2) is 12.0. The summed E-state index contributed by atoms with van der Waals surface area (Å²) in [6, 6.07) is 0.458. The van der Waals surface area contributed by atoms with Gasteiger partial charge in [-0.05, 0) is 35.8 Å². The van der Waals surface area contributed by atoms with E-state index < -0.39 is 46.5 Å². The number of hydrogen-bond donors (Lipinski definition) is 5. The van der Waals surface area contributed by atoms with Crippen LogP contribution in [-0.4, -0.2) is 87.6 Å². The molecule has 1 saturated heterocycles. The van der Waals surface area contributed by atoms with Gasteiger partial charge in [0.15, 0.2) is 10.8 Å². The largest absolute Gasteiger partial charge is 0.543 e. The first-order valence-electron chi connectivity index (χ1n) is 13.1. The first-order chi connectivity index (χ1) is 21.2. The smallest absolute Gasteiger partial charge is 0.350 e. The highest BCUT2D eigenvalue weighted by Gasteiger charge is 2.53. The van der Waals surface area contributed by atoms with E-state index in [0.717, 1.165) is 28.0 Å². The number of amides is 2. The van der Waals surface area contributed by atoms with Crippen LogP contribution in [0.1, 0.15) is 26.0 Å². The van der Waals surface area contributed by atoms with Gasteiger partial charge in [-0.15, -0.1) is 23.1 Å². The van der Waals surface area contributed by atoms with Crippen molar-refractivity contribution in [3.8, 4) is 0 Å². The Bertz CT molecular complexity index is 1810. The van der Waals surface area contributed by atoms with Crippen molar-refractivity contribution in [2.24, 2.45) is 12.2 Å². The van der Waals surface area contributed by atoms with Crippen molar-refractivity contribution in [2.75, 3.05) is 28.7 Å². The quantitative estimate of drug-likeness (QED) is 0.0364. The summed E-state index contributed by atoms with van der Waals surface area (Å²) in [5.74, 6) is -3.73. The van der Waals surface area contributed by atoms with Gasteiger partial charge < -0.3 is 42.4 Å². The number of fused-ring (bicyclic) bond motifs is 2. The van der Waals surface area contributed by atoms with Gasteiger partial charge in [-0.25, -0.2) is 14.3 Å². The fourth-order valence-corrected chi connectivity index (χ4v) is 7.33. The van der Waals surface area contributed by atoms with Gasteiger partial charge in [0.2, 0.25) is 11.4 Å². The molecule has 0 aromatic carbocycles. The molecule has 3 aromatic rings. The molecule has 3 aromatic heterocycles. The van der Waals surface area contributed by atoms with Crippen LogP contribution in [0.3, 0.4) is 0 Å². The summed E-state index contributed by atoms with van der Waals surface area (Å²) < 4.78 is 3.09. The van der Waals surface area contributed by atoms with E-state index in [1.165, 1.54) is 28.6 Å². The van der Waals surface area contributed by atoms with Crippen LogP contribution in [0.4, 0.5) is 16.9 Å². The molecular formula is C24H27N11O7S3. The monoisotopic (exact) mass is 677 g/mol. The number of hydrogen-bond acceptors (Lipinski definition) is 16. The fraction of sp³-hybridized carbons (Fsp3) is 0.375. The van der Waals surface area contributed by atoms with Gasteiger partial charge >= 0.3 is 11.1 Å². The Hall–Kier alpha value is -4.63. The van der Waals surface area contributed by atoms with Crippen molar-refractivity contribution in [1.29, 1.82) is 0 Å². The van der Waals surface area contributed by atoms with E-state index in [0.29, 0.717) is 16.4 Å². The standard InChI is InChI=1S/C24H27N11O7S3/c1-4-24(2,20(40)41)42-32-13(10-8-44-22(27)28-10)16(36)30-14-17(37)34-15(19(38)39)9(6-43-18(14)34)7-45-23-29-11(25)5-12-33(3)21(26)31-35(12)23/h5,8,14,18,25H,4,6-7H2,1-3H3,(H7,26,27,28,30,31,36,38,39,40,41)/b32-13-/t14?,18-,24?/m0/s1. The van der Waals surface area contributed by atoms with Crippen LogP contribution in [-0.2, 0) is 31.1 Å². The summed E-state index contributed by atoms with van der Waals surface area (Å²) in [5.41, 5.74) is 16.1. The van der Waals surface area contributed by atoms with E-state index in [-0.39, 0.29) is 46.2 Å². The fourth-order valence-electron chi connectivity index (χ4n) is 4.34. The maximum atomic E-state index is 13.3. The molecule has 2 aliphatic rings. The predicted octanol–water partition coefficient (Wildman–Crippen LogP) is -2.07. The average molecular weight is 678 g/mol. The number of aliphatic carboxylic acids is 2. The predicted molar refractivity (Wildman–Crippen MR) is 161 cm³/mol. The lowest BCUT2D eigenvalue weighted by atomic mass is 10.0. The number of thiazole rings is 1. The maximum absolute atomic E-state index is 13.3. The molecule has 2 amide bonds. The second-order valence-electron chi connectivity index (χ2n) is 10.0. The average Bonchev–Trinajstić information content (AvgIpc) is 3.55. The number of nitrogen functional groups attached to an aromatic ring is 3. The van der Waals surface area contributed by atoms with Crippen LogP contribution in [0.25, 0.3) is 5.65 Å². The van der Waals surface area contributed by atoms with Crippen LogP contribution >= 0.6 is 34.9 Å². The zero-order valence-corrected chi connectivity index (χ0v) is 26.4. The summed E-state index contributed by atoms with van der Waals surface area (Å²) in [7, 11) is 1.71.